The molecule has 2 rings (SSSR count). The summed E-state index contributed by atoms with van der Waals surface area (Å²) in [6.45, 7) is 0. The van der Waals surface area contributed by atoms with Crippen LogP contribution in [0.25, 0.3) is 0 Å². The predicted octanol–water partition coefficient (Wildman–Crippen LogP) is 2.40. The summed E-state index contributed by atoms with van der Waals surface area (Å²) < 4.78 is 0. The maximum Gasteiger partial charge on any atom is 0.274 e. The molecule has 0 radical (unpaired) electrons. The Morgan fingerprint density at radius 2 is 1.78 bits per heavy atom. The number of nitrogens with zero attached hydrogens (tertiary/aromatic N) is 2. The molecule has 1 heterocycles. The molecule has 0 atom stereocenters. The minimum absolute atomic E-state index is 0.204. The third kappa shape index (κ3) is 2.85. The van der Waals surface area contributed by atoms with Gasteiger partial charge in [-0.2, -0.15) is 0 Å². The van der Waals surface area contributed by atoms with Crippen molar-refractivity contribution in [1.29, 1.82) is 0 Å². The molecule has 0 aliphatic rings. The summed E-state index contributed by atoms with van der Waals surface area (Å²) >= 11 is 0. The van der Waals surface area contributed by atoms with Crippen molar-refractivity contribution in [2.75, 3.05) is 24.3 Å². The number of para-hydroxylation sites is 1. The van der Waals surface area contributed by atoms with Crippen molar-refractivity contribution in [2.24, 2.45) is 0 Å². The summed E-state index contributed by atoms with van der Waals surface area (Å²) in [7, 11) is 3.78. The van der Waals surface area contributed by atoms with Gasteiger partial charge in [-0.1, -0.05) is 24.3 Å². The molecule has 0 spiro atoms. The fourth-order valence-corrected chi connectivity index (χ4v) is 1.52. The maximum absolute atomic E-state index is 12.0. The standard InChI is InChI=1S/C14H15N3O/c1-17(2)13-10-6-9-12(16-13)14(18)15-11-7-4-3-5-8-11/h3-10H,1-2H3,(H,15,18). The molecule has 0 aliphatic carbocycles. The molecule has 0 bridgehead atoms. The third-order valence-electron chi connectivity index (χ3n) is 2.46. The second kappa shape index (κ2) is 5.31. The molecule has 18 heavy (non-hydrogen) atoms. The number of aromatic nitrogens is 1. The summed E-state index contributed by atoms with van der Waals surface area (Å²) in [5.74, 6) is 0.556. The molecular weight excluding hydrogens is 226 g/mol. The van der Waals surface area contributed by atoms with Crippen LogP contribution in [-0.4, -0.2) is 25.0 Å². The number of hydrogen-bond donors (Lipinski definition) is 1. The average Bonchev–Trinajstić information content (AvgIpc) is 2.40. The van der Waals surface area contributed by atoms with E-state index in [4.69, 9.17) is 0 Å². The minimum Gasteiger partial charge on any atom is -0.363 e. The van der Waals surface area contributed by atoms with E-state index in [2.05, 4.69) is 10.3 Å². The van der Waals surface area contributed by atoms with Crippen molar-refractivity contribution in [3.63, 3.8) is 0 Å². The van der Waals surface area contributed by atoms with Crippen molar-refractivity contribution in [3.05, 3.63) is 54.2 Å². The van der Waals surface area contributed by atoms with Crippen LogP contribution in [0.4, 0.5) is 11.5 Å². The molecule has 4 heteroatoms. The Bertz CT molecular complexity index is 538. The zero-order valence-corrected chi connectivity index (χ0v) is 10.4. The van der Waals surface area contributed by atoms with Crippen LogP contribution in [0, 0.1) is 0 Å². The number of hydrogen-bond acceptors (Lipinski definition) is 3. The van der Waals surface area contributed by atoms with Gasteiger partial charge in [0, 0.05) is 19.8 Å². The zero-order valence-electron chi connectivity index (χ0n) is 10.4. The van der Waals surface area contributed by atoms with Crippen LogP contribution in [0.2, 0.25) is 0 Å². The van der Waals surface area contributed by atoms with Crippen molar-refractivity contribution < 1.29 is 4.79 Å². The number of amides is 1. The summed E-state index contributed by atoms with van der Waals surface area (Å²) in [6.07, 6.45) is 0. The molecule has 0 fully saturated rings. The van der Waals surface area contributed by atoms with Gasteiger partial charge in [-0.3, -0.25) is 4.79 Å². The van der Waals surface area contributed by atoms with Gasteiger partial charge in [-0.05, 0) is 24.3 Å². The minimum atomic E-state index is -0.204. The van der Waals surface area contributed by atoms with Gasteiger partial charge < -0.3 is 10.2 Å². The van der Waals surface area contributed by atoms with Crippen LogP contribution in [0.1, 0.15) is 10.5 Å². The van der Waals surface area contributed by atoms with E-state index in [0.29, 0.717) is 5.69 Å². The van der Waals surface area contributed by atoms with Gasteiger partial charge in [0.15, 0.2) is 0 Å². The molecule has 4 nitrogen and oxygen atoms in total. The van der Waals surface area contributed by atoms with Gasteiger partial charge in [-0.15, -0.1) is 0 Å². The monoisotopic (exact) mass is 241 g/mol. The highest BCUT2D eigenvalue weighted by Crippen LogP contribution is 2.11. The quantitative estimate of drug-likeness (QED) is 0.897. The second-order valence-corrected chi connectivity index (χ2v) is 4.10. The first-order chi connectivity index (χ1) is 8.66. The van der Waals surface area contributed by atoms with E-state index in [9.17, 15) is 4.79 Å². The third-order valence-corrected chi connectivity index (χ3v) is 2.46. The molecule has 0 saturated heterocycles. The Morgan fingerprint density at radius 1 is 1.06 bits per heavy atom. The van der Waals surface area contributed by atoms with E-state index >= 15 is 0 Å². The zero-order chi connectivity index (χ0) is 13.0. The normalized spacial score (nSPS) is 9.89. The van der Waals surface area contributed by atoms with E-state index < -0.39 is 0 Å². The Labute approximate surface area is 106 Å². The predicted molar refractivity (Wildman–Crippen MR) is 73.0 cm³/mol. The van der Waals surface area contributed by atoms with Crippen LogP contribution in [0.5, 0.6) is 0 Å². The molecule has 0 aliphatic heterocycles. The van der Waals surface area contributed by atoms with E-state index in [1.807, 2.05) is 61.5 Å². The fourth-order valence-electron chi connectivity index (χ4n) is 1.52. The average molecular weight is 241 g/mol. The van der Waals surface area contributed by atoms with Gasteiger partial charge in [-0.25, -0.2) is 4.98 Å². The van der Waals surface area contributed by atoms with Crippen molar-refractivity contribution in [3.8, 4) is 0 Å². The van der Waals surface area contributed by atoms with Crippen LogP contribution in [0.3, 0.4) is 0 Å². The van der Waals surface area contributed by atoms with Crippen molar-refractivity contribution in [2.45, 2.75) is 0 Å². The highest BCUT2D eigenvalue weighted by atomic mass is 16.1. The number of carbonyl (C=O) groups is 1. The molecule has 1 amide bonds. The Balaban J connectivity index is 2.16. The number of anilines is 2. The lowest BCUT2D eigenvalue weighted by Crippen LogP contribution is -2.16. The first-order valence-corrected chi connectivity index (χ1v) is 5.67. The number of pyridine rings is 1. The van der Waals surface area contributed by atoms with Gasteiger partial charge in [0.05, 0.1) is 0 Å². The first-order valence-electron chi connectivity index (χ1n) is 5.67. The lowest BCUT2D eigenvalue weighted by Gasteiger charge is -2.12. The molecular formula is C14H15N3O. The SMILES string of the molecule is CN(C)c1cccc(C(=O)Nc2ccccc2)n1. The highest BCUT2D eigenvalue weighted by Gasteiger charge is 2.08. The van der Waals surface area contributed by atoms with E-state index in [1.165, 1.54) is 0 Å². The van der Waals surface area contributed by atoms with Crippen LogP contribution in [-0.2, 0) is 0 Å². The van der Waals surface area contributed by atoms with Crippen LogP contribution < -0.4 is 10.2 Å². The lowest BCUT2D eigenvalue weighted by atomic mass is 10.3. The van der Waals surface area contributed by atoms with Gasteiger partial charge >= 0.3 is 0 Å². The van der Waals surface area contributed by atoms with E-state index in [1.54, 1.807) is 6.07 Å². The Hall–Kier alpha value is -2.36. The van der Waals surface area contributed by atoms with E-state index in [-0.39, 0.29) is 5.91 Å². The van der Waals surface area contributed by atoms with Crippen LogP contribution in [0.15, 0.2) is 48.5 Å². The largest absolute Gasteiger partial charge is 0.363 e. The summed E-state index contributed by atoms with van der Waals surface area (Å²) in [5, 5.41) is 2.80. The van der Waals surface area contributed by atoms with Gasteiger partial charge in [0.2, 0.25) is 0 Å². The first kappa shape index (κ1) is 12.1. The summed E-state index contributed by atoms with van der Waals surface area (Å²) in [4.78, 5) is 18.1. The number of benzene rings is 1. The Morgan fingerprint density at radius 3 is 2.44 bits per heavy atom. The Kier molecular flexibility index (Phi) is 3.57. The highest BCUT2D eigenvalue weighted by molar-refractivity contribution is 6.03. The maximum atomic E-state index is 12.0. The second-order valence-electron chi connectivity index (χ2n) is 4.10. The number of carbonyl (C=O) groups excluding carboxylic acids is 1. The van der Waals surface area contributed by atoms with Gasteiger partial charge in [0.25, 0.3) is 5.91 Å². The molecule has 0 saturated carbocycles. The van der Waals surface area contributed by atoms with Crippen molar-refractivity contribution in [1.82, 2.24) is 4.98 Å². The smallest absolute Gasteiger partial charge is 0.274 e. The summed E-state index contributed by atoms with van der Waals surface area (Å²) in [5.41, 5.74) is 1.17. The van der Waals surface area contributed by atoms with Crippen LogP contribution >= 0.6 is 0 Å². The fraction of sp³-hybridized carbons (Fsp3) is 0.143. The van der Waals surface area contributed by atoms with E-state index in [0.717, 1.165) is 11.5 Å². The molecule has 0 unspecified atom stereocenters. The molecule has 1 N–H and O–H groups in total. The summed E-state index contributed by atoms with van der Waals surface area (Å²) in [6, 6.07) is 14.7. The number of nitrogens with one attached hydrogen (secondary N) is 1. The molecule has 1 aromatic heterocycles. The molecule has 1 aromatic carbocycles. The molecule has 92 valence electrons. The number of rotatable bonds is 3. The van der Waals surface area contributed by atoms with Gasteiger partial charge in [0.1, 0.15) is 11.5 Å². The topological polar surface area (TPSA) is 45.2 Å². The molecule has 2 aromatic rings. The lowest BCUT2D eigenvalue weighted by molar-refractivity contribution is 0.102. The van der Waals surface area contributed by atoms with Crippen molar-refractivity contribution >= 4 is 17.4 Å².